The SMILES string of the molecule is COC(=O)c1ccc(N2CCOCC2)c(NC(=O)c2ccc(-c3ccc(Br)cc3)o2)c1. The zero-order valence-corrected chi connectivity index (χ0v) is 18.5. The predicted molar refractivity (Wildman–Crippen MR) is 121 cm³/mol. The van der Waals surface area contributed by atoms with Gasteiger partial charge in [0.05, 0.1) is 37.3 Å². The van der Waals surface area contributed by atoms with E-state index in [0.29, 0.717) is 43.3 Å². The molecule has 8 heteroatoms. The largest absolute Gasteiger partial charge is 0.465 e. The van der Waals surface area contributed by atoms with Gasteiger partial charge in [-0.1, -0.05) is 28.1 Å². The van der Waals surface area contributed by atoms with Crippen molar-refractivity contribution in [2.45, 2.75) is 0 Å². The first-order chi connectivity index (χ1) is 15.0. The summed E-state index contributed by atoms with van der Waals surface area (Å²) in [5.74, 6) is -0.108. The minimum Gasteiger partial charge on any atom is -0.465 e. The van der Waals surface area contributed by atoms with Crippen molar-refractivity contribution < 1.29 is 23.5 Å². The van der Waals surface area contributed by atoms with Crippen LogP contribution in [0.5, 0.6) is 0 Å². The second kappa shape index (κ2) is 9.36. The van der Waals surface area contributed by atoms with Gasteiger partial charge in [0.25, 0.3) is 5.91 Å². The normalized spacial score (nSPS) is 13.7. The van der Waals surface area contributed by atoms with Gasteiger partial charge in [0, 0.05) is 23.1 Å². The molecule has 0 atom stereocenters. The molecule has 1 saturated heterocycles. The van der Waals surface area contributed by atoms with E-state index in [-0.39, 0.29) is 5.76 Å². The number of carbonyl (C=O) groups is 2. The topological polar surface area (TPSA) is 81.0 Å². The van der Waals surface area contributed by atoms with E-state index in [1.54, 1.807) is 24.3 Å². The van der Waals surface area contributed by atoms with Crippen LogP contribution in [0.2, 0.25) is 0 Å². The smallest absolute Gasteiger partial charge is 0.337 e. The van der Waals surface area contributed by atoms with E-state index < -0.39 is 11.9 Å². The molecular formula is C23H21BrN2O5. The Bertz CT molecular complexity index is 1090. The van der Waals surface area contributed by atoms with E-state index in [4.69, 9.17) is 13.9 Å². The maximum absolute atomic E-state index is 12.9. The predicted octanol–water partition coefficient (Wildman–Crippen LogP) is 4.58. The Morgan fingerprint density at radius 2 is 1.77 bits per heavy atom. The number of ether oxygens (including phenoxy) is 2. The summed E-state index contributed by atoms with van der Waals surface area (Å²) in [6.45, 7) is 2.57. The Balaban J connectivity index is 1.60. The number of hydrogen-bond acceptors (Lipinski definition) is 6. The highest BCUT2D eigenvalue weighted by atomic mass is 79.9. The van der Waals surface area contributed by atoms with E-state index in [2.05, 4.69) is 26.1 Å². The van der Waals surface area contributed by atoms with Gasteiger partial charge in [-0.25, -0.2) is 4.79 Å². The molecule has 1 fully saturated rings. The lowest BCUT2D eigenvalue weighted by atomic mass is 10.1. The number of methoxy groups -OCH3 is 1. The fourth-order valence-electron chi connectivity index (χ4n) is 3.37. The number of amides is 1. The summed E-state index contributed by atoms with van der Waals surface area (Å²) in [7, 11) is 1.32. The molecule has 4 rings (SSSR count). The number of carbonyl (C=O) groups excluding carboxylic acids is 2. The number of morpholine rings is 1. The van der Waals surface area contributed by atoms with Gasteiger partial charge in [0.15, 0.2) is 5.76 Å². The van der Waals surface area contributed by atoms with Crippen LogP contribution in [0.3, 0.4) is 0 Å². The van der Waals surface area contributed by atoms with Gasteiger partial charge in [0.1, 0.15) is 5.76 Å². The third kappa shape index (κ3) is 4.81. The van der Waals surface area contributed by atoms with Crippen LogP contribution < -0.4 is 10.2 Å². The monoisotopic (exact) mass is 484 g/mol. The summed E-state index contributed by atoms with van der Waals surface area (Å²) in [6.07, 6.45) is 0. The van der Waals surface area contributed by atoms with E-state index in [9.17, 15) is 9.59 Å². The van der Waals surface area contributed by atoms with Crippen LogP contribution >= 0.6 is 15.9 Å². The highest BCUT2D eigenvalue weighted by Gasteiger charge is 2.20. The van der Waals surface area contributed by atoms with Crippen molar-refractivity contribution in [3.63, 3.8) is 0 Å². The summed E-state index contributed by atoms with van der Waals surface area (Å²) in [5.41, 5.74) is 2.54. The van der Waals surface area contributed by atoms with Gasteiger partial charge in [-0.3, -0.25) is 4.79 Å². The molecule has 0 spiro atoms. The third-order valence-electron chi connectivity index (χ3n) is 4.98. The second-order valence-corrected chi connectivity index (χ2v) is 7.86. The first kappa shape index (κ1) is 21.1. The van der Waals surface area contributed by atoms with Gasteiger partial charge in [-0.15, -0.1) is 0 Å². The Hall–Kier alpha value is -3.10. The van der Waals surface area contributed by atoms with Crippen LogP contribution in [0.15, 0.2) is 63.5 Å². The minimum atomic E-state index is -0.473. The summed E-state index contributed by atoms with van der Waals surface area (Å²) in [6, 6.07) is 16.1. The number of anilines is 2. The lowest BCUT2D eigenvalue weighted by molar-refractivity contribution is 0.0600. The highest BCUT2D eigenvalue weighted by Crippen LogP contribution is 2.30. The Labute approximate surface area is 188 Å². The zero-order chi connectivity index (χ0) is 21.8. The van der Waals surface area contributed by atoms with Gasteiger partial charge < -0.3 is 24.1 Å². The number of nitrogens with zero attached hydrogens (tertiary/aromatic N) is 1. The number of esters is 1. The summed E-state index contributed by atoms with van der Waals surface area (Å²) in [4.78, 5) is 27.0. The lowest BCUT2D eigenvalue weighted by Gasteiger charge is -2.30. The maximum atomic E-state index is 12.9. The van der Waals surface area contributed by atoms with Crippen molar-refractivity contribution in [3.05, 3.63) is 70.4 Å². The molecule has 31 heavy (non-hydrogen) atoms. The molecule has 0 unspecified atom stereocenters. The van der Waals surface area contributed by atoms with Crippen LogP contribution in [0, 0.1) is 0 Å². The average Bonchev–Trinajstić information content (AvgIpc) is 3.30. The van der Waals surface area contributed by atoms with E-state index >= 15 is 0 Å². The van der Waals surface area contributed by atoms with Gasteiger partial charge >= 0.3 is 5.97 Å². The molecule has 1 N–H and O–H groups in total. The molecule has 1 aromatic heterocycles. The third-order valence-corrected chi connectivity index (χ3v) is 5.50. The molecule has 2 heterocycles. The van der Waals surface area contributed by atoms with Crippen LogP contribution in [-0.2, 0) is 9.47 Å². The van der Waals surface area contributed by atoms with Crippen molar-refractivity contribution in [1.29, 1.82) is 0 Å². The standard InChI is InChI=1S/C23H21BrN2O5/c1-29-23(28)16-4-7-19(26-10-12-30-13-11-26)18(14-16)25-22(27)21-9-8-20(31-21)15-2-5-17(24)6-3-15/h2-9,14H,10-13H2,1H3,(H,25,27). The van der Waals surface area contributed by atoms with Crippen molar-refractivity contribution in [2.75, 3.05) is 43.6 Å². The molecule has 2 aromatic carbocycles. The number of nitrogens with one attached hydrogen (secondary N) is 1. The average molecular weight is 485 g/mol. The van der Waals surface area contributed by atoms with Crippen molar-refractivity contribution in [3.8, 4) is 11.3 Å². The summed E-state index contributed by atoms with van der Waals surface area (Å²) < 4.78 is 17.0. The number of furan rings is 1. The Morgan fingerprint density at radius 1 is 1.03 bits per heavy atom. The van der Waals surface area contributed by atoms with Crippen molar-refractivity contribution in [2.24, 2.45) is 0 Å². The number of benzene rings is 2. The van der Waals surface area contributed by atoms with Crippen LogP contribution in [0.1, 0.15) is 20.9 Å². The van der Waals surface area contributed by atoms with Crippen molar-refractivity contribution >= 4 is 39.2 Å². The summed E-state index contributed by atoms with van der Waals surface area (Å²) in [5, 5.41) is 2.89. The van der Waals surface area contributed by atoms with Crippen LogP contribution in [0.4, 0.5) is 11.4 Å². The first-order valence-corrected chi connectivity index (χ1v) is 10.6. The first-order valence-electron chi connectivity index (χ1n) is 9.77. The van der Waals surface area contributed by atoms with E-state index in [1.165, 1.54) is 7.11 Å². The molecular weight excluding hydrogens is 464 g/mol. The molecule has 0 aliphatic carbocycles. The highest BCUT2D eigenvalue weighted by molar-refractivity contribution is 9.10. The Morgan fingerprint density at radius 3 is 2.48 bits per heavy atom. The fourth-order valence-corrected chi connectivity index (χ4v) is 3.64. The van der Waals surface area contributed by atoms with E-state index in [0.717, 1.165) is 15.7 Å². The molecule has 1 aliphatic rings. The molecule has 1 amide bonds. The number of rotatable bonds is 5. The minimum absolute atomic E-state index is 0.175. The van der Waals surface area contributed by atoms with Gasteiger partial charge in [-0.2, -0.15) is 0 Å². The van der Waals surface area contributed by atoms with Gasteiger partial charge in [0.2, 0.25) is 0 Å². The second-order valence-electron chi connectivity index (χ2n) is 6.95. The van der Waals surface area contributed by atoms with Gasteiger partial charge in [-0.05, 0) is 42.5 Å². The molecule has 3 aromatic rings. The molecule has 0 saturated carbocycles. The zero-order valence-electron chi connectivity index (χ0n) is 16.9. The van der Waals surface area contributed by atoms with Crippen LogP contribution in [0.25, 0.3) is 11.3 Å². The van der Waals surface area contributed by atoms with Crippen molar-refractivity contribution in [1.82, 2.24) is 0 Å². The molecule has 1 aliphatic heterocycles. The molecule has 0 bridgehead atoms. The molecule has 0 radical (unpaired) electrons. The Kier molecular flexibility index (Phi) is 6.39. The lowest BCUT2D eigenvalue weighted by Crippen LogP contribution is -2.36. The fraction of sp³-hybridized carbons (Fsp3) is 0.217. The summed E-state index contributed by atoms with van der Waals surface area (Å²) >= 11 is 3.40. The molecule has 7 nitrogen and oxygen atoms in total. The van der Waals surface area contributed by atoms with Crippen LogP contribution in [-0.4, -0.2) is 45.3 Å². The quantitative estimate of drug-likeness (QED) is 0.533. The number of halogens is 1. The number of hydrogen-bond donors (Lipinski definition) is 1. The maximum Gasteiger partial charge on any atom is 0.337 e. The van der Waals surface area contributed by atoms with E-state index in [1.807, 2.05) is 30.3 Å². The molecule has 160 valence electrons.